The molecule has 0 aliphatic heterocycles. The van der Waals surface area contributed by atoms with Gasteiger partial charge in [-0.1, -0.05) is 12.7 Å². The number of carbonyl (C=O) groups is 1. The highest BCUT2D eigenvalue weighted by atomic mass is 127. The molecule has 0 atom stereocenters. The van der Waals surface area contributed by atoms with Gasteiger partial charge >= 0.3 is 5.91 Å². The molecular weight excluding hydrogens is 696 g/mol. The summed E-state index contributed by atoms with van der Waals surface area (Å²) in [6, 6.07) is 19.2. The normalized spacial score (nSPS) is 11.0. The zero-order valence-electron chi connectivity index (χ0n) is 20.3. The maximum Gasteiger partial charge on any atom is 0.307 e. The van der Waals surface area contributed by atoms with E-state index in [1.165, 1.54) is 11.4 Å². The Kier molecular flexibility index (Phi) is 9.09. The molecule has 0 saturated carbocycles. The molecule has 2 heterocycles. The minimum atomic E-state index is -0.445. The molecule has 0 radical (unpaired) electrons. The van der Waals surface area contributed by atoms with Gasteiger partial charge in [-0.05, 0) is 125 Å². The van der Waals surface area contributed by atoms with Crippen molar-refractivity contribution in [2.45, 2.75) is 20.5 Å². The zero-order valence-corrected chi connectivity index (χ0v) is 24.6. The molecule has 1 amide bonds. The summed E-state index contributed by atoms with van der Waals surface area (Å²) in [4.78, 5) is 12.4. The van der Waals surface area contributed by atoms with E-state index in [2.05, 4.69) is 92.8 Å². The number of hydrazone groups is 1. The number of hydrogen-bond acceptors (Lipinski definition) is 5. The van der Waals surface area contributed by atoms with Crippen LogP contribution in [0.3, 0.4) is 0 Å². The number of benzene rings is 2. The van der Waals surface area contributed by atoms with Crippen molar-refractivity contribution in [1.82, 2.24) is 9.99 Å². The predicted octanol–water partition coefficient (Wildman–Crippen LogP) is 6.80. The molecule has 1 N–H and O–H groups in total. The van der Waals surface area contributed by atoms with Gasteiger partial charge in [0.25, 0.3) is 0 Å². The molecule has 37 heavy (non-hydrogen) atoms. The van der Waals surface area contributed by atoms with Crippen molar-refractivity contribution in [1.29, 1.82) is 0 Å². The lowest BCUT2D eigenvalue weighted by Gasteiger charge is -2.10. The lowest BCUT2D eigenvalue weighted by Crippen LogP contribution is -2.16. The van der Waals surface area contributed by atoms with Gasteiger partial charge in [0, 0.05) is 17.1 Å². The van der Waals surface area contributed by atoms with E-state index < -0.39 is 5.91 Å². The van der Waals surface area contributed by atoms with Gasteiger partial charge < -0.3 is 18.5 Å². The number of aromatic nitrogens is 1. The number of furan rings is 1. The van der Waals surface area contributed by atoms with Crippen molar-refractivity contribution in [2.24, 2.45) is 5.10 Å². The molecule has 4 rings (SSSR count). The molecule has 190 valence electrons. The topological polar surface area (TPSA) is 78.0 Å². The van der Waals surface area contributed by atoms with Crippen LogP contribution in [0.4, 0.5) is 0 Å². The molecule has 2 aromatic carbocycles. The summed E-state index contributed by atoms with van der Waals surface area (Å²) in [6.45, 7) is 8.46. The molecule has 0 bridgehead atoms. The second-order valence-corrected chi connectivity index (χ2v) is 10.4. The van der Waals surface area contributed by atoms with Gasteiger partial charge in [0.15, 0.2) is 5.76 Å². The van der Waals surface area contributed by atoms with Gasteiger partial charge in [0.05, 0.1) is 13.4 Å². The summed E-state index contributed by atoms with van der Waals surface area (Å²) < 4.78 is 21.2. The summed E-state index contributed by atoms with van der Waals surface area (Å²) in [5.41, 5.74) is 6.75. The zero-order chi connectivity index (χ0) is 26.4. The number of rotatable bonds is 10. The number of halogens is 2. The van der Waals surface area contributed by atoms with Crippen molar-refractivity contribution in [3.05, 3.63) is 109 Å². The van der Waals surface area contributed by atoms with Crippen LogP contribution in [0.5, 0.6) is 11.5 Å². The van der Waals surface area contributed by atoms with E-state index in [0.29, 0.717) is 18.1 Å². The Morgan fingerprint density at radius 3 is 2.35 bits per heavy atom. The molecule has 0 aliphatic carbocycles. The highest BCUT2D eigenvalue weighted by molar-refractivity contribution is 14.1. The fourth-order valence-electron chi connectivity index (χ4n) is 3.65. The molecule has 0 fully saturated rings. The maximum atomic E-state index is 12.4. The molecule has 0 unspecified atom stereocenters. The first-order valence-electron chi connectivity index (χ1n) is 11.4. The number of aryl methyl sites for hydroxylation is 2. The molecule has 9 heteroatoms. The third-order valence-corrected chi connectivity index (χ3v) is 6.98. The summed E-state index contributed by atoms with van der Waals surface area (Å²) in [6.07, 6.45) is 3.28. The Hall–Kier alpha value is -3.06. The van der Waals surface area contributed by atoms with Crippen LogP contribution in [0.2, 0.25) is 0 Å². The van der Waals surface area contributed by atoms with Crippen molar-refractivity contribution < 1.29 is 18.7 Å². The first kappa shape index (κ1) is 27.0. The smallest absolute Gasteiger partial charge is 0.307 e. The molecule has 0 spiro atoms. The Morgan fingerprint density at radius 2 is 1.70 bits per heavy atom. The second kappa shape index (κ2) is 12.5. The quantitative estimate of drug-likeness (QED) is 0.0846. The largest absolute Gasteiger partial charge is 0.487 e. The van der Waals surface area contributed by atoms with Crippen molar-refractivity contribution in [3.63, 3.8) is 0 Å². The van der Waals surface area contributed by atoms with Crippen molar-refractivity contribution >= 4 is 57.3 Å². The molecule has 0 saturated heterocycles. The van der Waals surface area contributed by atoms with Crippen molar-refractivity contribution in [2.75, 3.05) is 6.61 Å². The van der Waals surface area contributed by atoms with E-state index >= 15 is 0 Å². The van der Waals surface area contributed by atoms with Crippen LogP contribution >= 0.6 is 45.2 Å². The fourth-order valence-corrected chi connectivity index (χ4v) is 5.78. The van der Waals surface area contributed by atoms with Gasteiger partial charge in [0.1, 0.15) is 30.5 Å². The van der Waals surface area contributed by atoms with Crippen LogP contribution in [0, 0.1) is 21.0 Å². The second-order valence-electron chi connectivity index (χ2n) is 8.11. The molecule has 4 aromatic rings. The standard InChI is InChI=1S/C28H25I2N3O4/c1-4-13-35-27-24(29)14-20(15-25(27)30)16-31-32-28(34)26-12-11-23(37-26)17-36-22-9-7-21(8-10-22)33-18(2)5-6-19(33)3/h4-12,14-16H,1,13,17H2,2-3H3,(H,32,34)/b31-16+. The van der Waals surface area contributed by atoms with E-state index in [0.717, 1.165) is 24.1 Å². The molecular formula is C28H25I2N3O4. The number of carbonyl (C=O) groups excluding carboxylic acids is 1. The van der Waals surface area contributed by atoms with Gasteiger partial charge in [-0.15, -0.1) is 0 Å². The fraction of sp³-hybridized carbons (Fsp3) is 0.143. The van der Waals surface area contributed by atoms with Crippen LogP contribution in [0.25, 0.3) is 5.69 Å². The first-order chi connectivity index (χ1) is 17.9. The summed E-state index contributed by atoms with van der Waals surface area (Å²) in [5, 5.41) is 4.05. The predicted molar refractivity (Wildman–Crippen MR) is 161 cm³/mol. The third-order valence-electron chi connectivity index (χ3n) is 5.38. The summed E-state index contributed by atoms with van der Waals surface area (Å²) in [5.74, 6) is 1.76. The Bertz CT molecular complexity index is 1400. The lowest BCUT2D eigenvalue weighted by molar-refractivity contribution is 0.0923. The third kappa shape index (κ3) is 6.83. The van der Waals surface area contributed by atoms with Crippen LogP contribution in [0.15, 0.2) is 82.8 Å². The number of nitrogens with zero attached hydrogens (tertiary/aromatic N) is 2. The lowest BCUT2D eigenvalue weighted by atomic mass is 10.2. The SMILES string of the molecule is C=CCOc1c(I)cc(/C=N/NC(=O)c2ccc(COc3ccc(-n4c(C)ccc4C)cc3)o2)cc1I. The van der Waals surface area contributed by atoms with Gasteiger partial charge in [-0.3, -0.25) is 4.79 Å². The minimum absolute atomic E-state index is 0.155. The van der Waals surface area contributed by atoms with Crippen LogP contribution in [-0.2, 0) is 6.61 Å². The van der Waals surface area contributed by atoms with E-state index in [1.54, 1.807) is 24.4 Å². The Labute approximate surface area is 242 Å². The van der Waals surface area contributed by atoms with Crippen LogP contribution in [-0.4, -0.2) is 23.3 Å². The average molecular weight is 721 g/mol. The van der Waals surface area contributed by atoms with E-state index in [4.69, 9.17) is 13.9 Å². The van der Waals surface area contributed by atoms with Gasteiger partial charge in [-0.2, -0.15) is 5.10 Å². The molecule has 7 nitrogen and oxygen atoms in total. The van der Waals surface area contributed by atoms with Crippen molar-refractivity contribution in [3.8, 4) is 17.2 Å². The number of ether oxygens (including phenoxy) is 2. The summed E-state index contributed by atoms with van der Waals surface area (Å²) in [7, 11) is 0. The van der Waals surface area contributed by atoms with Gasteiger partial charge in [-0.25, -0.2) is 5.43 Å². The molecule has 0 aliphatic rings. The Morgan fingerprint density at radius 1 is 1.03 bits per heavy atom. The number of hydrogen-bond donors (Lipinski definition) is 1. The minimum Gasteiger partial charge on any atom is -0.487 e. The average Bonchev–Trinajstić information content (AvgIpc) is 3.49. The van der Waals surface area contributed by atoms with Crippen LogP contribution < -0.4 is 14.9 Å². The van der Waals surface area contributed by atoms with Gasteiger partial charge in [0.2, 0.25) is 0 Å². The van der Waals surface area contributed by atoms with E-state index in [1.807, 2.05) is 36.4 Å². The molecule has 2 aromatic heterocycles. The highest BCUT2D eigenvalue weighted by Crippen LogP contribution is 2.28. The van der Waals surface area contributed by atoms with Crippen LogP contribution in [0.1, 0.15) is 33.3 Å². The first-order valence-corrected chi connectivity index (χ1v) is 13.5. The number of amides is 1. The highest BCUT2D eigenvalue weighted by Gasteiger charge is 2.12. The maximum absolute atomic E-state index is 12.4. The van der Waals surface area contributed by atoms with E-state index in [-0.39, 0.29) is 12.4 Å². The monoisotopic (exact) mass is 721 g/mol. The summed E-state index contributed by atoms with van der Waals surface area (Å²) >= 11 is 4.41. The van der Waals surface area contributed by atoms with E-state index in [9.17, 15) is 4.79 Å². The number of nitrogens with one attached hydrogen (secondary N) is 1. The Balaban J connectivity index is 1.31.